The largest absolute Gasteiger partial charge is 0.463 e. The third-order valence-electron chi connectivity index (χ3n) is 4.34. The fraction of sp³-hybridized carbons (Fsp3) is 0.812. The van der Waals surface area contributed by atoms with E-state index >= 15 is 0 Å². The fourth-order valence-electron chi connectivity index (χ4n) is 3.39. The molecule has 0 aromatic heterocycles. The number of hydrogen-bond acceptors (Lipinski definition) is 3. The van der Waals surface area contributed by atoms with Crippen LogP contribution in [0, 0.1) is 0 Å². The molecule has 1 saturated heterocycles. The summed E-state index contributed by atoms with van der Waals surface area (Å²) in [6.07, 6.45) is 9.35. The van der Waals surface area contributed by atoms with E-state index in [4.69, 9.17) is 4.74 Å². The molecule has 0 radical (unpaired) electrons. The molecule has 0 amide bonds. The Morgan fingerprint density at radius 1 is 1.32 bits per heavy atom. The molecule has 3 heteroatoms. The first-order valence-corrected chi connectivity index (χ1v) is 7.93. The first-order valence-electron chi connectivity index (χ1n) is 7.93. The molecule has 1 fully saturated rings. The molecule has 1 atom stereocenters. The molecule has 0 bridgehead atoms. The van der Waals surface area contributed by atoms with E-state index in [-0.39, 0.29) is 5.97 Å². The van der Waals surface area contributed by atoms with Crippen LogP contribution in [0.4, 0.5) is 0 Å². The van der Waals surface area contributed by atoms with Crippen LogP contribution in [0.2, 0.25) is 0 Å². The molecular weight excluding hydrogens is 238 g/mol. The van der Waals surface area contributed by atoms with E-state index in [1.54, 1.807) is 0 Å². The van der Waals surface area contributed by atoms with Crippen LogP contribution in [0.5, 0.6) is 0 Å². The van der Waals surface area contributed by atoms with Gasteiger partial charge in [0.25, 0.3) is 0 Å². The van der Waals surface area contributed by atoms with E-state index < -0.39 is 0 Å². The predicted octanol–water partition coefficient (Wildman–Crippen LogP) is 3.64. The monoisotopic (exact) mass is 265 g/mol. The SMILES string of the molecule is CCCCCC1=C(C(=O)OCC)CC[C@H]2CCCN12. The summed E-state index contributed by atoms with van der Waals surface area (Å²) in [7, 11) is 0. The van der Waals surface area contributed by atoms with Gasteiger partial charge >= 0.3 is 5.97 Å². The van der Waals surface area contributed by atoms with E-state index in [0.717, 1.165) is 31.4 Å². The minimum absolute atomic E-state index is 0.0700. The van der Waals surface area contributed by atoms with Gasteiger partial charge in [0.15, 0.2) is 0 Å². The first-order chi connectivity index (χ1) is 9.27. The molecule has 0 spiro atoms. The number of rotatable bonds is 6. The van der Waals surface area contributed by atoms with Gasteiger partial charge in [0.05, 0.1) is 12.2 Å². The molecule has 0 aliphatic carbocycles. The zero-order valence-corrected chi connectivity index (χ0v) is 12.4. The smallest absolute Gasteiger partial charge is 0.335 e. The Morgan fingerprint density at radius 3 is 2.89 bits per heavy atom. The second-order valence-corrected chi connectivity index (χ2v) is 5.63. The lowest BCUT2D eigenvalue weighted by molar-refractivity contribution is -0.139. The number of carbonyl (C=O) groups is 1. The van der Waals surface area contributed by atoms with Crippen molar-refractivity contribution in [2.45, 2.75) is 71.3 Å². The summed E-state index contributed by atoms with van der Waals surface area (Å²) >= 11 is 0. The number of fused-ring (bicyclic) bond motifs is 1. The van der Waals surface area contributed by atoms with E-state index in [9.17, 15) is 4.79 Å². The lowest BCUT2D eigenvalue weighted by Gasteiger charge is -2.35. The van der Waals surface area contributed by atoms with E-state index in [2.05, 4.69) is 11.8 Å². The number of allylic oxidation sites excluding steroid dienone is 1. The van der Waals surface area contributed by atoms with Gasteiger partial charge < -0.3 is 9.64 Å². The van der Waals surface area contributed by atoms with Crippen molar-refractivity contribution >= 4 is 5.97 Å². The van der Waals surface area contributed by atoms with Gasteiger partial charge in [-0.2, -0.15) is 0 Å². The summed E-state index contributed by atoms with van der Waals surface area (Å²) in [5, 5.41) is 0. The van der Waals surface area contributed by atoms with Crippen molar-refractivity contribution in [2.24, 2.45) is 0 Å². The number of carbonyl (C=O) groups excluding carboxylic acids is 1. The van der Waals surface area contributed by atoms with Crippen molar-refractivity contribution < 1.29 is 9.53 Å². The Kier molecular flexibility index (Phi) is 5.29. The number of nitrogens with zero attached hydrogens (tertiary/aromatic N) is 1. The Bertz CT molecular complexity index is 349. The third-order valence-corrected chi connectivity index (χ3v) is 4.34. The highest BCUT2D eigenvalue weighted by atomic mass is 16.5. The molecule has 0 saturated carbocycles. The molecule has 2 aliphatic rings. The summed E-state index contributed by atoms with van der Waals surface area (Å²) < 4.78 is 5.24. The minimum atomic E-state index is -0.0700. The lowest BCUT2D eigenvalue weighted by atomic mass is 9.94. The molecule has 19 heavy (non-hydrogen) atoms. The molecule has 0 aromatic rings. The normalized spacial score (nSPS) is 22.6. The topological polar surface area (TPSA) is 29.5 Å². The van der Waals surface area contributed by atoms with Gasteiger partial charge in [-0.25, -0.2) is 4.79 Å². The fourth-order valence-corrected chi connectivity index (χ4v) is 3.39. The maximum Gasteiger partial charge on any atom is 0.335 e. The van der Waals surface area contributed by atoms with Crippen LogP contribution in [0.25, 0.3) is 0 Å². The molecule has 2 heterocycles. The molecule has 0 N–H and O–H groups in total. The van der Waals surface area contributed by atoms with Crippen molar-refractivity contribution in [1.82, 2.24) is 4.90 Å². The molecular formula is C16H27NO2. The quantitative estimate of drug-likeness (QED) is 0.542. The molecule has 0 aromatic carbocycles. The van der Waals surface area contributed by atoms with Crippen molar-refractivity contribution in [3.05, 3.63) is 11.3 Å². The van der Waals surface area contributed by atoms with Crippen LogP contribution in [-0.2, 0) is 9.53 Å². The number of esters is 1. The summed E-state index contributed by atoms with van der Waals surface area (Å²) in [6, 6.07) is 0.690. The molecule has 3 nitrogen and oxygen atoms in total. The van der Waals surface area contributed by atoms with Gasteiger partial charge in [-0.15, -0.1) is 0 Å². The van der Waals surface area contributed by atoms with Gasteiger partial charge in [0, 0.05) is 18.3 Å². The first kappa shape index (κ1) is 14.4. The summed E-state index contributed by atoms with van der Waals surface area (Å²) in [5.74, 6) is -0.0700. The third kappa shape index (κ3) is 3.31. The van der Waals surface area contributed by atoms with Crippen LogP contribution in [-0.4, -0.2) is 30.1 Å². The Morgan fingerprint density at radius 2 is 2.16 bits per heavy atom. The van der Waals surface area contributed by atoms with E-state index in [1.807, 2.05) is 6.92 Å². The van der Waals surface area contributed by atoms with Crippen molar-refractivity contribution in [3.8, 4) is 0 Å². The van der Waals surface area contributed by atoms with Gasteiger partial charge in [-0.3, -0.25) is 0 Å². The maximum atomic E-state index is 12.1. The molecule has 108 valence electrons. The second-order valence-electron chi connectivity index (χ2n) is 5.63. The Balaban J connectivity index is 2.14. The van der Waals surface area contributed by atoms with Crippen molar-refractivity contribution in [2.75, 3.05) is 13.2 Å². The van der Waals surface area contributed by atoms with Crippen molar-refractivity contribution in [1.29, 1.82) is 0 Å². The van der Waals surface area contributed by atoms with Crippen LogP contribution < -0.4 is 0 Å². The van der Waals surface area contributed by atoms with Crippen LogP contribution in [0.3, 0.4) is 0 Å². The molecule has 2 rings (SSSR count). The summed E-state index contributed by atoms with van der Waals surface area (Å²) in [4.78, 5) is 14.6. The number of unbranched alkanes of at least 4 members (excludes halogenated alkanes) is 2. The second kappa shape index (κ2) is 6.97. The Labute approximate surface area is 117 Å². The van der Waals surface area contributed by atoms with Crippen molar-refractivity contribution in [3.63, 3.8) is 0 Å². The lowest BCUT2D eigenvalue weighted by Crippen LogP contribution is -2.35. The molecule has 0 unspecified atom stereocenters. The summed E-state index contributed by atoms with van der Waals surface area (Å²) in [6.45, 7) is 5.72. The summed E-state index contributed by atoms with van der Waals surface area (Å²) in [5.41, 5.74) is 2.27. The van der Waals surface area contributed by atoms with Gasteiger partial charge in [0.2, 0.25) is 0 Å². The average Bonchev–Trinajstić information content (AvgIpc) is 2.88. The van der Waals surface area contributed by atoms with Gasteiger partial charge in [-0.1, -0.05) is 19.8 Å². The zero-order chi connectivity index (χ0) is 13.7. The van der Waals surface area contributed by atoms with Gasteiger partial charge in [0.1, 0.15) is 0 Å². The highest BCUT2D eigenvalue weighted by Crippen LogP contribution is 2.36. The Hall–Kier alpha value is -0.990. The van der Waals surface area contributed by atoms with Crippen LogP contribution in [0.1, 0.15) is 65.2 Å². The number of hydrogen-bond donors (Lipinski definition) is 0. The average molecular weight is 265 g/mol. The maximum absolute atomic E-state index is 12.1. The highest BCUT2D eigenvalue weighted by molar-refractivity contribution is 5.89. The number of ether oxygens (including phenoxy) is 1. The van der Waals surface area contributed by atoms with Crippen LogP contribution >= 0.6 is 0 Å². The van der Waals surface area contributed by atoms with E-state index in [0.29, 0.717) is 12.6 Å². The standard InChI is InChI=1S/C16H27NO2/c1-3-5-6-9-15-14(16(18)19-4-2)11-10-13-8-7-12-17(13)15/h13H,3-12H2,1-2H3/t13-/m1/s1. The minimum Gasteiger partial charge on any atom is -0.463 e. The highest BCUT2D eigenvalue weighted by Gasteiger charge is 2.34. The predicted molar refractivity (Wildman–Crippen MR) is 76.8 cm³/mol. The molecule has 2 aliphatic heterocycles. The zero-order valence-electron chi connectivity index (χ0n) is 12.4. The van der Waals surface area contributed by atoms with Crippen LogP contribution in [0.15, 0.2) is 11.3 Å². The van der Waals surface area contributed by atoms with E-state index in [1.165, 1.54) is 37.8 Å². The van der Waals surface area contributed by atoms with Gasteiger partial charge in [-0.05, 0) is 45.4 Å².